The molecule has 3 nitrogen and oxygen atoms in total. The highest BCUT2D eigenvalue weighted by Crippen LogP contribution is 2.46. The molecule has 20 heavy (non-hydrogen) atoms. The standard InChI is InChI=1S/C15H20BrClN2O/c1-9-5-7-15(20-2,8-6-9)14-18-12(10-3-4-10)11(16)13(17)19-14/h9-10H,3-8H2,1-2H3. The maximum absolute atomic E-state index is 6.30. The van der Waals surface area contributed by atoms with E-state index in [9.17, 15) is 0 Å². The monoisotopic (exact) mass is 358 g/mol. The molecule has 2 fully saturated rings. The summed E-state index contributed by atoms with van der Waals surface area (Å²) in [6.45, 7) is 2.30. The van der Waals surface area contributed by atoms with E-state index < -0.39 is 0 Å². The van der Waals surface area contributed by atoms with Crippen molar-refractivity contribution in [3.8, 4) is 0 Å². The molecule has 0 atom stereocenters. The second-order valence-corrected chi connectivity index (χ2v) is 7.34. The third kappa shape index (κ3) is 2.62. The molecule has 2 saturated carbocycles. The molecule has 3 rings (SSSR count). The summed E-state index contributed by atoms with van der Waals surface area (Å²) in [6, 6.07) is 0. The lowest BCUT2D eigenvalue weighted by molar-refractivity contribution is -0.0599. The quantitative estimate of drug-likeness (QED) is 0.726. The van der Waals surface area contributed by atoms with Crippen LogP contribution in [0.2, 0.25) is 5.15 Å². The molecular weight excluding hydrogens is 340 g/mol. The second kappa shape index (κ2) is 5.54. The van der Waals surface area contributed by atoms with E-state index in [0.717, 1.165) is 47.6 Å². The number of aromatic nitrogens is 2. The van der Waals surface area contributed by atoms with Gasteiger partial charge in [0.25, 0.3) is 0 Å². The molecule has 0 spiro atoms. The van der Waals surface area contributed by atoms with Crippen molar-refractivity contribution in [2.24, 2.45) is 5.92 Å². The predicted octanol–water partition coefficient (Wildman–Crippen LogP) is 4.82. The van der Waals surface area contributed by atoms with Gasteiger partial charge in [0, 0.05) is 13.0 Å². The molecule has 5 heteroatoms. The van der Waals surface area contributed by atoms with E-state index in [-0.39, 0.29) is 5.60 Å². The lowest BCUT2D eigenvalue weighted by atomic mass is 9.79. The van der Waals surface area contributed by atoms with Gasteiger partial charge < -0.3 is 4.74 Å². The molecule has 1 heterocycles. The minimum Gasteiger partial charge on any atom is -0.370 e. The van der Waals surface area contributed by atoms with E-state index in [4.69, 9.17) is 21.3 Å². The largest absolute Gasteiger partial charge is 0.370 e. The Morgan fingerprint density at radius 3 is 2.40 bits per heavy atom. The first-order valence-electron chi connectivity index (χ1n) is 7.34. The average Bonchev–Trinajstić information content (AvgIpc) is 3.27. The lowest BCUT2D eigenvalue weighted by Gasteiger charge is -2.37. The van der Waals surface area contributed by atoms with Gasteiger partial charge in [-0.05, 0) is 60.4 Å². The first-order valence-corrected chi connectivity index (χ1v) is 8.51. The molecular formula is C15H20BrClN2O. The van der Waals surface area contributed by atoms with Gasteiger partial charge in [-0.2, -0.15) is 0 Å². The smallest absolute Gasteiger partial charge is 0.162 e. The van der Waals surface area contributed by atoms with Crippen molar-refractivity contribution >= 4 is 27.5 Å². The van der Waals surface area contributed by atoms with Gasteiger partial charge in [0.15, 0.2) is 5.82 Å². The van der Waals surface area contributed by atoms with Crippen molar-refractivity contribution in [1.29, 1.82) is 0 Å². The van der Waals surface area contributed by atoms with Crippen LogP contribution in [-0.4, -0.2) is 17.1 Å². The number of rotatable bonds is 3. The molecule has 1 aromatic heterocycles. The Labute approximate surface area is 133 Å². The van der Waals surface area contributed by atoms with Crippen LogP contribution in [0, 0.1) is 5.92 Å². The van der Waals surface area contributed by atoms with Crippen LogP contribution < -0.4 is 0 Å². The molecule has 0 bridgehead atoms. The fourth-order valence-electron chi connectivity index (χ4n) is 3.01. The summed E-state index contributed by atoms with van der Waals surface area (Å²) in [6.07, 6.45) is 6.66. The fraction of sp³-hybridized carbons (Fsp3) is 0.733. The number of halogens is 2. The normalized spacial score (nSPS) is 30.5. The number of hydrogen-bond donors (Lipinski definition) is 0. The Kier molecular flexibility index (Phi) is 4.08. The summed E-state index contributed by atoms with van der Waals surface area (Å²) in [7, 11) is 1.77. The van der Waals surface area contributed by atoms with Gasteiger partial charge in [0.1, 0.15) is 10.8 Å². The number of methoxy groups -OCH3 is 1. The maximum atomic E-state index is 6.30. The van der Waals surface area contributed by atoms with Gasteiger partial charge in [-0.3, -0.25) is 0 Å². The van der Waals surface area contributed by atoms with Gasteiger partial charge in [0.2, 0.25) is 0 Å². The topological polar surface area (TPSA) is 35.0 Å². The predicted molar refractivity (Wildman–Crippen MR) is 83.0 cm³/mol. The average molecular weight is 360 g/mol. The Balaban J connectivity index is 1.99. The number of ether oxygens (including phenoxy) is 1. The van der Waals surface area contributed by atoms with Crippen molar-refractivity contribution in [2.75, 3.05) is 7.11 Å². The molecule has 0 aromatic carbocycles. The number of nitrogens with zero attached hydrogens (tertiary/aromatic N) is 2. The van der Waals surface area contributed by atoms with Crippen LogP contribution in [0.25, 0.3) is 0 Å². The molecule has 110 valence electrons. The molecule has 0 aliphatic heterocycles. The molecule has 2 aliphatic carbocycles. The Morgan fingerprint density at radius 2 is 1.85 bits per heavy atom. The second-order valence-electron chi connectivity index (χ2n) is 6.19. The van der Waals surface area contributed by atoms with E-state index >= 15 is 0 Å². The SMILES string of the molecule is COC1(c2nc(Cl)c(Br)c(C3CC3)n2)CCC(C)CC1. The summed E-state index contributed by atoms with van der Waals surface area (Å²) >= 11 is 9.83. The Hall–Kier alpha value is -0.190. The zero-order valence-corrected chi connectivity index (χ0v) is 14.3. The molecule has 0 amide bonds. The summed E-state index contributed by atoms with van der Waals surface area (Å²) < 4.78 is 6.73. The zero-order chi connectivity index (χ0) is 14.3. The minimum absolute atomic E-state index is 0.347. The highest BCUT2D eigenvalue weighted by molar-refractivity contribution is 9.10. The maximum Gasteiger partial charge on any atom is 0.162 e. The minimum atomic E-state index is -0.347. The Morgan fingerprint density at radius 1 is 1.20 bits per heavy atom. The molecule has 0 radical (unpaired) electrons. The van der Waals surface area contributed by atoms with Gasteiger partial charge in [-0.25, -0.2) is 9.97 Å². The third-order valence-corrected chi connectivity index (χ3v) is 5.96. The summed E-state index contributed by atoms with van der Waals surface area (Å²) in [5, 5.41) is 0.520. The van der Waals surface area contributed by atoms with Crippen LogP contribution in [0.3, 0.4) is 0 Å². The van der Waals surface area contributed by atoms with Gasteiger partial charge >= 0.3 is 0 Å². The van der Waals surface area contributed by atoms with E-state index in [2.05, 4.69) is 27.8 Å². The number of hydrogen-bond acceptors (Lipinski definition) is 3. The Bertz CT molecular complexity index is 511. The van der Waals surface area contributed by atoms with Gasteiger partial charge in [-0.1, -0.05) is 18.5 Å². The third-order valence-electron chi connectivity index (χ3n) is 4.68. The molecule has 1 aromatic rings. The highest BCUT2D eigenvalue weighted by atomic mass is 79.9. The molecule has 0 N–H and O–H groups in total. The van der Waals surface area contributed by atoms with Crippen molar-refractivity contribution in [3.63, 3.8) is 0 Å². The summed E-state index contributed by atoms with van der Waals surface area (Å²) in [4.78, 5) is 9.34. The van der Waals surface area contributed by atoms with Crippen LogP contribution >= 0.6 is 27.5 Å². The van der Waals surface area contributed by atoms with E-state index in [0.29, 0.717) is 11.1 Å². The van der Waals surface area contributed by atoms with Crippen molar-refractivity contribution < 1.29 is 4.74 Å². The first-order chi connectivity index (χ1) is 9.55. The summed E-state index contributed by atoms with van der Waals surface area (Å²) in [5.74, 6) is 2.08. The lowest BCUT2D eigenvalue weighted by Crippen LogP contribution is -2.35. The van der Waals surface area contributed by atoms with Crippen LogP contribution in [0.4, 0.5) is 0 Å². The first kappa shape index (κ1) is 14.7. The van der Waals surface area contributed by atoms with Crippen LogP contribution in [0.15, 0.2) is 4.47 Å². The summed E-state index contributed by atoms with van der Waals surface area (Å²) in [5.41, 5.74) is 0.718. The fourth-order valence-corrected chi connectivity index (χ4v) is 3.69. The van der Waals surface area contributed by atoms with Crippen LogP contribution in [-0.2, 0) is 10.3 Å². The van der Waals surface area contributed by atoms with Gasteiger partial charge in [-0.15, -0.1) is 0 Å². The van der Waals surface area contributed by atoms with Crippen molar-refractivity contribution in [2.45, 2.75) is 57.0 Å². The molecule has 2 aliphatic rings. The zero-order valence-electron chi connectivity index (χ0n) is 12.0. The van der Waals surface area contributed by atoms with Crippen molar-refractivity contribution in [1.82, 2.24) is 9.97 Å². The van der Waals surface area contributed by atoms with Crippen LogP contribution in [0.1, 0.15) is 62.9 Å². The molecule has 0 saturated heterocycles. The van der Waals surface area contributed by atoms with Crippen LogP contribution in [0.5, 0.6) is 0 Å². The molecule has 0 unspecified atom stereocenters. The van der Waals surface area contributed by atoms with Gasteiger partial charge in [0.05, 0.1) is 10.2 Å². The van der Waals surface area contributed by atoms with E-state index in [1.165, 1.54) is 12.8 Å². The van der Waals surface area contributed by atoms with E-state index in [1.54, 1.807) is 7.11 Å². The van der Waals surface area contributed by atoms with E-state index in [1.807, 2.05) is 0 Å². The van der Waals surface area contributed by atoms with Crippen molar-refractivity contribution in [3.05, 3.63) is 21.1 Å². The highest BCUT2D eigenvalue weighted by Gasteiger charge is 2.40.